The van der Waals surface area contributed by atoms with Crippen molar-refractivity contribution in [3.8, 4) is 11.5 Å². The van der Waals surface area contributed by atoms with Crippen LogP contribution in [0.4, 0.5) is 0 Å². The van der Waals surface area contributed by atoms with Gasteiger partial charge in [-0.2, -0.15) is 0 Å². The number of ether oxygens (including phenoxy) is 2. The van der Waals surface area contributed by atoms with Gasteiger partial charge >= 0.3 is 0 Å². The topological polar surface area (TPSA) is 30.5 Å². The van der Waals surface area contributed by atoms with Gasteiger partial charge in [0.25, 0.3) is 0 Å². The average Bonchev–Trinajstić information content (AvgIpc) is 3.12. The minimum Gasteiger partial charge on any atom is -0.486 e. The third-order valence-corrected chi connectivity index (χ3v) is 5.38. The molecule has 3 heteroatoms. The molecule has 1 heterocycles. The summed E-state index contributed by atoms with van der Waals surface area (Å²) in [6, 6.07) is 19.0. The molecule has 4 rings (SSSR count). The summed E-state index contributed by atoms with van der Waals surface area (Å²) < 4.78 is 12.1. The molecule has 1 aliphatic carbocycles. The molecule has 1 N–H and O–H groups in total. The van der Waals surface area contributed by atoms with Crippen LogP contribution in [0.2, 0.25) is 0 Å². The molecular formula is C21H25NO2. The van der Waals surface area contributed by atoms with Crippen molar-refractivity contribution < 1.29 is 9.47 Å². The van der Waals surface area contributed by atoms with Gasteiger partial charge in [-0.05, 0) is 37.5 Å². The van der Waals surface area contributed by atoms with E-state index in [2.05, 4.69) is 42.6 Å². The van der Waals surface area contributed by atoms with Crippen molar-refractivity contribution in [3.05, 3.63) is 60.2 Å². The van der Waals surface area contributed by atoms with E-state index in [4.69, 9.17) is 9.47 Å². The highest BCUT2D eigenvalue weighted by Crippen LogP contribution is 2.40. The molecule has 1 saturated carbocycles. The molecule has 0 spiro atoms. The van der Waals surface area contributed by atoms with Crippen molar-refractivity contribution >= 4 is 0 Å². The first-order chi connectivity index (χ1) is 11.8. The van der Waals surface area contributed by atoms with Crippen molar-refractivity contribution in [2.75, 3.05) is 6.61 Å². The first-order valence-corrected chi connectivity index (χ1v) is 8.99. The number of benzene rings is 2. The van der Waals surface area contributed by atoms with Gasteiger partial charge in [-0.25, -0.2) is 0 Å². The van der Waals surface area contributed by atoms with Crippen LogP contribution in [0.25, 0.3) is 0 Å². The van der Waals surface area contributed by atoms with Crippen LogP contribution >= 0.6 is 0 Å². The second kappa shape index (κ2) is 6.48. The lowest BCUT2D eigenvalue weighted by Gasteiger charge is -2.38. The van der Waals surface area contributed by atoms with Gasteiger partial charge in [0.15, 0.2) is 11.5 Å². The summed E-state index contributed by atoms with van der Waals surface area (Å²) in [5.41, 5.74) is 1.47. The van der Waals surface area contributed by atoms with Crippen LogP contribution in [-0.2, 0) is 5.54 Å². The van der Waals surface area contributed by atoms with Gasteiger partial charge in [0, 0.05) is 11.6 Å². The van der Waals surface area contributed by atoms with Gasteiger partial charge in [-0.3, -0.25) is 0 Å². The summed E-state index contributed by atoms with van der Waals surface area (Å²) in [5, 5.41) is 3.90. The van der Waals surface area contributed by atoms with E-state index >= 15 is 0 Å². The Balaban J connectivity index is 1.51. The summed E-state index contributed by atoms with van der Waals surface area (Å²) in [4.78, 5) is 0. The van der Waals surface area contributed by atoms with E-state index in [9.17, 15) is 0 Å². The van der Waals surface area contributed by atoms with E-state index in [1.165, 1.54) is 31.2 Å². The van der Waals surface area contributed by atoms with Crippen LogP contribution in [-0.4, -0.2) is 18.8 Å². The fraction of sp³-hybridized carbons (Fsp3) is 0.429. The lowest BCUT2D eigenvalue weighted by Crippen LogP contribution is -2.53. The van der Waals surface area contributed by atoms with Gasteiger partial charge in [0.1, 0.15) is 12.7 Å². The van der Waals surface area contributed by atoms with E-state index in [0.29, 0.717) is 6.61 Å². The van der Waals surface area contributed by atoms with Crippen molar-refractivity contribution in [1.29, 1.82) is 0 Å². The average molecular weight is 323 g/mol. The van der Waals surface area contributed by atoms with Crippen molar-refractivity contribution in [2.45, 2.75) is 50.3 Å². The predicted octanol–water partition coefficient (Wildman–Crippen LogP) is 4.27. The normalized spacial score (nSPS) is 23.0. The molecule has 2 aliphatic rings. The fourth-order valence-electron chi connectivity index (χ4n) is 4.06. The maximum absolute atomic E-state index is 6.20. The highest BCUT2D eigenvalue weighted by atomic mass is 16.6. The van der Waals surface area contributed by atoms with E-state index < -0.39 is 0 Å². The first-order valence-electron chi connectivity index (χ1n) is 8.99. The van der Waals surface area contributed by atoms with Crippen LogP contribution in [0.1, 0.15) is 38.2 Å². The second-order valence-corrected chi connectivity index (χ2v) is 7.00. The first kappa shape index (κ1) is 15.5. The van der Waals surface area contributed by atoms with Gasteiger partial charge < -0.3 is 14.8 Å². The number of fused-ring (bicyclic) bond motifs is 1. The standard InChI is InChI=1S/C21H25NO2/c1-16(20-15-23-18-11-5-6-12-19(18)24-20)22-21(13-7-8-14-21)17-9-3-2-4-10-17/h2-6,9-12,16,20,22H,7-8,13-15H2,1H3. The molecule has 0 aromatic heterocycles. The van der Waals surface area contributed by atoms with Gasteiger partial charge in [0.2, 0.25) is 0 Å². The number of rotatable bonds is 4. The van der Waals surface area contributed by atoms with Crippen LogP contribution in [0.15, 0.2) is 54.6 Å². The highest BCUT2D eigenvalue weighted by Gasteiger charge is 2.39. The Morgan fingerprint density at radius 3 is 2.38 bits per heavy atom. The Kier molecular flexibility index (Phi) is 4.19. The molecule has 0 bridgehead atoms. The monoisotopic (exact) mass is 323 g/mol. The zero-order valence-electron chi connectivity index (χ0n) is 14.2. The molecule has 1 aliphatic heterocycles. The Morgan fingerprint density at radius 1 is 0.958 bits per heavy atom. The summed E-state index contributed by atoms with van der Waals surface area (Å²) in [6.07, 6.45) is 4.96. The SMILES string of the molecule is CC(NC1(c2ccccc2)CCCC1)C1COc2ccccc2O1. The Morgan fingerprint density at radius 2 is 1.62 bits per heavy atom. The zero-order valence-corrected chi connectivity index (χ0v) is 14.2. The van der Waals surface area contributed by atoms with E-state index in [1.54, 1.807) is 0 Å². The predicted molar refractivity (Wildman–Crippen MR) is 95.5 cm³/mol. The third kappa shape index (κ3) is 2.89. The highest BCUT2D eigenvalue weighted by molar-refractivity contribution is 5.40. The summed E-state index contributed by atoms with van der Waals surface area (Å²) in [5.74, 6) is 1.70. The lowest BCUT2D eigenvalue weighted by molar-refractivity contribution is 0.0553. The maximum Gasteiger partial charge on any atom is 0.161 e. The van der Waals surface area contributed by atoms with E-state index in [-0.39, 0.29) is 17.7 Å². The minimum absolute atomic E-state index is 0.0288. The summed E-state index contributed by atoms with van der Waals surface area (Å²) >= 11 is 0. The Labute approximate surface area is 144 Å². The number of hydrogen-bond donors (Lipinski definition) is 1. The van der Waals surface area contributed by atoms with Crippen LogP contribution < -0.4 is 14.8 Å². The molecule has 1 fully saturated rings. The van der Waals surface area contributed by atoms with E-state index in [1.807, 2.05) is 24.3 Å². The van der Waals surface area contributed by atoms with E-state index in [0.717, 1.165) is 11.5 Å². The molecule has 3 nitrogen and oxygen atoms in total. The zero-order chi connectivity index (χ0) is 16.4. The Bertz CT molecular complexity index is 679. The molecule has 2 atom stereocenters. The molecule has 2 aromatic carbocycles. The van der Waals surface area contributed by atoms with Crippen LogP contribution in [0.5, 0.6) is 11.5 Å². The third-order valence-electron chi connectivity index (χ3n) is 5.38. The molecular weight excluding hydrogens is 298 g/mol. The molecule has 24 heavy (non-hydrogen) atoms. The number of hydrogen-bond acceptors (Lipinski definition) is 3. The van der Waals surface area contributed by atoms with Crippen molar-refractivity contribution in [2.24, 2.45) is 0 Å². The van der Waals surface area contributed by atoms with Gasteiger partial charge in [-0.15, -0.1) is 0 Å². The summed E-state index contributed by atoms with van der Waals surface area (Å²) in [7, 11) is 0. The smallest absolute Gasteiger partial charge is 0.161 e. The maximum atomic E-state index is 6.20. The van der Waals surface area contributed by atoms with Crippen molar-refractivity contribution in [3.63, 3.8) is 0 Å². The molecule has 0 radical (unpaired) electrons. The molecule has 2 unspecified atom stereocenters. The molecule has 0 saturated heterocycles. The summed E-state index contributed by atoms with van der Waals surface area (Å²) in [6.45, 7) is 2.81. The molecule has 0 amide bonds. The van der Waals surface area contributed by atoms with Crippen molar-refractivity contribution in [1.82, 2.24) is 5.32 Å². The quantitative estimate of drug-likeness (QED) is 0.911. The Hall–Kier alpha value is -2.00. The van der Waals surface area contributed by atoms with Gasteiger partial charge in [-0.1, -0.05) is 55.3 Å². The van der Waals surface area contributed by atoms with Crippen LogP contribution in [0.3, 0.4) is 0 Å². The fourth-order valence-corrected chi connectivity index (χ4v) is 4.06. The largest absolute Gasteiger partial charge is 0.486 e. The van der Waals surface area contributed by atoms with Crippen LogP contribution in [0, 0.1) is 0 Å². The van der Waals surface area contributed by atoms with Gasteiger partial charge in [0.05, 0.1) is 0 Å². The second-order valence-electron chi connectivity index (χ2n) is 7.00. The number of nitrogens with one attached hydrogen (secondary N) is 1. The minimum atomic E-state index is 0.0288. The lowest BCUT2D eigenvalue weighted by atomic mass is 9.87. The molecule has 2 aromatic rings. The molecule has 126 valence electrons. The number of para-hydroxylation sites is 2.